The molecule has 0 spiro atoms. The number of fused-ring (bicyclic) bond motifs is 1. The van der Waals surface area contributed by atoms with Gasteiger partial charge in [0.15, 0.2) is 5.13 Å². The van der Waals surface area contributed by atoms with Crippen molar-refractivity contribution in [3.8, 4) is 5.75 Å². The molecule has 0 bridgehead atoms. The topological polar surface area (TPSA) is 54.9 Å². The Hall–Kier alpha value is -1.90. The Morgan fingerprint density at radius 1 is 1.20 bits per heavy atom. The van der Waals surface area contributed by atoms with Crippen molar-refractivity contribution in [2.75, 3.05) is 51.4 Å². The normalized spacial score (nSPS) is 14.1. The standard InChI is InChI=1S/C26H32ClN3O3S.ClH/c1-17-14-18(2)20(19(3)15-17)16-23(31)30(9-5-8-29-10-12-33-13-11-29)26-28-24-22(32-4)7-6-21(27)25(24)34-26;/h6-7,14-15H,5,8-13,16H2,1-4H3;1H. The molecule has 0 aliphatic carbocycles. The average molecular weight is 539 g/mol. The van der Waals surface area contributed by atoms with Crippen molar-refractivity contribution in [2.45, 2.75) is 33.6 Å². The molecule has 0 unspecified atom stereocenters. The molecule has 0 saturated carbocycles. The van der Waals surface area contributed by atoms with Gasteiger partial charge >= 0.3 is 0 Å². The summed E-state index contributed by atoms with van der Waals surface area (Å²) >= 11 is 7.91. The van der Waals surface area contributed by atoms with Crippen molar-refractivity contribution in [1.29, 1.82) is 0 Å². The lowest BCUT2D eigenvalue weighted by atomic mass is 9.97. The highest BCUT2D eigenvalue weighted by Crippen LogP contribution is 2.39. The molecule has 0 radical (unpaired) electrons. The number of nitrogens with zero attached hydrogens (tertiary/aromatic N) is 3. The van der Waals surface area contributed by atoms with Gasteiger partial charge in [0, 0.05) is 26.2 Å². The van der Waals surface area contributed by atoms with Crippen molar-refractivity contribution < 1.29 is 14.3 Å². The Morgan fingerprint density at radius 2 is 1.89 bits per heavy atom. The Morgan fingerprint density at radius 3 is 2.54 bits per heavy atom. The molecular formula is C26H33Cl2N3O3S. The van der Waals surface area contributed by atoms with E-state index >= 15 is 0 Å². The van der Waals surface area contributed by atoms with Gasteiger partial charge in [0.05, 0.1) is 36.5 Å². The minimum Gasteiger partial charge on any atom is -0.494 e. The Bertz CT molecular complexity index is 1160. The third-order valence-corrected chi connectivity index (χ3v) is 7.87. The molecule has 4 rings (SSSR count). The Balaban J connectivity index is 0.00000342. The summed E-state index contributed by atoms with van der Waals surface area (Å²) in [6.07, 6.45) is 1.20. The van der Waals surface area contributed by atoms with E-state index in [1.165, 1.54) is 16.9 Å². The lowest BCUT2D eigenvalue weighted by Crippen LogP contribution is -2.39. The smallest absolute Gasteiger partial charge is 0.233 e. The lowest BCUT2D eigenvalue weighted by Gasteiger charge is -2.28. The highest BCUT2D eigenvalue weighted by molar-refractivity contribution is 7.23. The summed E-state index contributed by atoms with van der Waals surface area (Å²) in [6, 6.07) is 7.91. The molecule has 1 aromatic heterocycles. The third kappa shape index (κ3) is 6.46. The van der Waals surface area contributed by atoms with Crippen LogP contribution < -0.4 is 9.64 Å². The van der Waals surface area contributed by atoms with Gasteiger partial charge in [-0.15, -0.1) is 12.4 Å². The van der Waals surface area contributed by atoms with E-state index in [0.29, 0.717) is 34.4 Å². The van der Waals surface area contributed by atoms with Gasteiger partial charge in [-0.2, -0.15) is 0 Å². The fourth-order valence-electron chi connectivity index (χ4n) is 4.56. The fraction of sp³-hybridized carbons (Fsp3) is 0.462. The zero-order valence-corrected chi connectivity index (χ0v) is 23.1. The number of carbonyl (C=O) groups is 1. The molecule has 0 N–H and O–H groups in total. The molecule has 1 amide bonds. The van der Waals surface area contributed by atoms with Crippen LogP contribution in [0.5, 0.6) is 5.75 Å². The van der Waals surface area contributed by atoms with Gasteiger partial charge in [-0.25, -0.2) is 4.98 Å². The maximum atomic E-state index is 13.7. The third-order valence-electron chi connectivity index (χ3n) is 6.33. The molecule has 3 aromatic rings. The van der Waals surface area contributed by atoms with Crippen LogP contribution in [0.4, 0.5) is 5.13 Å². The molecule has 2 aromatic carbocycles. The number of benzene rings is 2. The number of ether oxygens (including phenoxy) is 2. The minimum atomic E-state index is 0. The van der Waals surface area contributed by atoms with Crippen molar-refractivity contribution in [1.82, 2.24) is 9.88 Å². The number of morpholine rings is 1. The van der Waals surface area contributed by atoms with Crippen molar-refractivity contribution >= 4 is 56.6 Å². The van der Waals surface area contributed by atoms with Gasteiger partial charge in [-0.3, -0.25) is 14.6 Å². The number of anilines is 1. The second-order valence-electron chi connectivity index (χ2n) is 8.83. The first kappa shape index (κ1) is 27.7. The molecule has 1 aliphatic rings. The quantitative estimate of drug-likeness (QED) is 0.374. The van der Waals surface area contributed by atoms with Gasteiger partial charge in [-0.1, -0.05) is 40.6 Å². The molecule has 190 valence electrons. The van der Waals surface area contributed by atoms with Crippen LogP contribution in [0.2, 0.25) is 5.02 Å². The van der Waals surface area contributed by atoms with Crippen LogP contribution in [0.3, 0.4) is 0 Å². The summed E-state index contributed by atoms with van der Waals surface area (Å²) in [5.74, 6) is 0.707. The van der Waals surface area contributed by atoms with Crippen molar-refractivity contribution in [2.24, 2.45) is 0 Å². The highest BCUT2D eigenvalue weighted by Gasteiger charge is 2.23. The molecule has 6 nitrogen and oxygen atoms in total. The zero-order chi connectivity index (χ0) is 24.2. The first-order valence-corrected chi connectivity index (χ1v) is 12.9. The average Bonchev–Trinajstić information content (AvgIpc) is 3.26. The van der Waals surface area contributed by atoms with Gasteiger partial charge in [0.25, 0.3) is 0 Å². The van der Waals surface area contributed by atoms with Crippen LogP contribution in [-0.4, -0.2) is 62.3 Å². The fourth-order valence-corrected chi connectivity index (χ4v) is 5.86. The van der Waals surface area contributed by atoms with E-state index in [2.05, 4.69) is 37.8 Å². The number of amides is 1. The number of thiazole rings is 1. The maximum absolute atomic E-state index is 13.7. The summed E-state index contributed by atoms with van der Waals surface area (Å²) in [6.45, 7) is 11.2. The molecule has 35 heavy (non-hydrogen) atoms. The van der Waals surface area contributed by atoms with E-state index in [1.54, 1.807) is 7.11 Å². The van der Waals surface area contributed by atoms with Gasteiger partial charge in [-0.05, 0) is 56.0 Å². The SMILES string of the molecule is COc1ccc(Cl)c2sc(N(CCCN3CCOCC3)C(=O)Cc3c(C)cc(C)cc3C)nc12.Cl. The number of methoxy groups -OCH3 is 1. The van der Waals surface area contributed by atoms with Crippen LogP contribution in [0.15, 0.2) is 24.3 Å². The number of hydrogen-bond donors (Lipinski definition) is 0. The molecule has 1 aliphatic heterocycles. The number of halogens is 2. The second kappa shape index (κ2) is 12.4. The van der Waals surface area contributed by atoms with Crippen molar-refractivity contribution in [3.63, 3.8) is 0 Å². The molecule has 2 heterocycles. The van der Waals surface area contributed by atoms with Gasteiger partial charge < -0.3 is 9.47 Å². The summed E-state index contributed by atoms with van der Waals surface area (Å²) in [4.78, 5) is 22.7. The number of hydrogen-bond acceptors (Lipinski definition) is 6. The van der Waals surface area contributed by atoms with Crippen LogP contribution in [0.25, 0.3) is 10.2 Å². The highest BCUT2D eigenvalue weighted by atomic mass is 35.5. The molecule has 1 saturated heterocycles. The summed E-state index contributed by atoms with van der Waals surface area (Å²) in [5.41, 5.74) is 5.29. The maximum Gasteiger partial charge on any atom is 0.233 e. The zero-order valence-electron chi connectivity index (χ0n) is 20.7. The minimum absolute atomic E-state index is 0. The van der Waals surface area contributed by atoms with Crippen LogP contribution in [-0.2, 0) is 16.0 Å². The number of aromatic nitrogens is 1. The summed E-state index contributed by atoms with van der Waals surface area (Å²) in [5, 5.41) is 1.28. The van der Waals surface area contributed by atoms with Crippen LogP contribution in [0.1, 0.15) is 28.7 Å². The predicted molar refractivity (Wildman–Crippen MR) is 147 cm³/mol. The largest absolute Gasteiger partial charge is 0.494 e. The van der Waals surface area contributed by atoms with E-state index in [4.69, 9.17) is 26.1 Å². The summed E-state index contributed by atoms with van der Waals surface area (Å²) < 4.78 is 11.8. The molecule has 0 atom stereocenters. The number of rotatable bonds is 8. The predicted octanol–water partition coefficient (Wildman–Crippen LogP) is 5.60. The Labute approximate surface area is 222 Å². The molecule has 1 fully saturated rings. The first-order chi connectivity index (χ1) is 16.4. The number of aryl methyl sites for hydroxylation is 3. The number of carbonyl (C=O) groups excluding carboxylic acids is 1. The van der Waals surface area contributed by atoms with E-state index in [0.717, 1.165) is 60.7 Å². The van der Waals surface area contributed by atoms with E-state index in [-0.39, 0.29) is 18.3 Å². The van der Waals surface area contributed by atoms with Gasteiger partial charge in [0.2, 0.25) is 5.91 Å². The van der Waals surface area contributed by atoms with E-state index < -0.39 is 0 Å². The van der Waals surface area contributed by atoms with Crippen LogP contribution in [0, 0.1) is 20.8 Å². The molecular weight excluding hydrogens is 505 g/mol. The second-order valence-corrected chi connectivity index (χ2v) is 10.2. The van der Waals surface area contributed by atoms with Crippen molar-refractivity contribution in [3.05, 3.63) is 51.5 Å². The van der Waals surface area contributed by atoms with Gasteiger partial charge in [0.1, 0.15) is 11.3 Å². The summed E-state index contributed by atoms with van der Waals surface area (Å²) in [7, 11) is 1.62. The lowest BCUT2D eigenvalue weighted by molar-refractivity contribution is -0.118. The monoisotopic (exact) mass is 537 g/mol. The van der Waals surface area contributed by atoms with E-state index in [9.17, 15) is 4.79 Å². The first-order valence-electron chi connectivity index (χ1n) is 11.7. The molecule has 9 heteroatoms. The Kier molecular flexibility index (Phi) is 9.78. The van der Waals surface area contributed by atoms with Crippen LogP contribution >= 0.6 is 35.3 Å². The van der Waals surface area contributed by atoms with E-state index in [1.807, 2.05) is 17.0 Å².